The van der Waals surface area contributed by atoms with Gasteiger partial charge in [0.05, 0.1) is 11.6 Å². The van der Waals surface area contributed by atoms with Gasteiger partial charge in [-0.15, -0.1) is 0 Å². The number of amides is 2. The molecule has 2 N–H and O–H groups in total. The van der Waals surface area contributed by atoms with Crippen molar-refractivity contribution in [1.29, 1.82) is 0 Å². The first-order valence-electron chi connectivity index (χ1n) is 8.51. The molecule has 1 aromatic carbocycles. The van der Waals surface area contributed by atoms with E-state index in [4.69, 9.17) is 0 Å². The van der Waals surface area contributed by atoms with Gasteiger partial charge in [0.1, 0.15) is 0 Å². The lowest BCUT2D eigenvalue weighted by Crippen LogP contribution is -2.31. The molecule has 3 rings (SSSR count). The van der Waals surface area contributed by atoms with Crippen molar-refractivity contribution in [2.24, 2.45) is 0 Å². The van der Waals surface area contributed by atoms with Crippen LogP contribution in [0.25, 0.3) is 0 Å². The molecule has 138 valence electrons. The van der Waals surface area contributed by atoms with Crippen molar-refractivity contribution < 1.29 is 19.5 Å². The highest BCUT2D eigenvalue weighted by Crippen LogP contribution is 2.41. The fourth-order valence-electron chi connectivity index (χ4n) is 3.14. The second kappa shape index (κ2) is 7.41. The molecule has 1 atom stereocenters. The van der Waals surface area contributed by atoms with E-state index in [0.29, 0.717) is 16.9 Å². The predicted molar refractivity (Wildman–Crippen MR) is 100 cm³/mol. The van der Waals surface area contributed by atoms with Gasteiger partial charge in [0.25, 0.3) is 5.91 Å². The van der Waals surface area contributed by atoms with Crippen molar-refractivity contribution in [2.75, 3.05) is 10.2 Å². The predicted octanol–water partition coefficient (Wildman–Crippen LogP) is 2.92. The van der Waals surface area contributed by atoms with E-state index >= 15 is 0 Å². The van der Waals surface area contributed by atoms with Crippen LogP contribution in [0, 0.1) is 0 Å². The fraction of sp³-hybridized carbons (Fsp3) is 0.200. The number of nitrogens with zero attached hydrogens (tertiary/aromatic N) is 2. The Balaban J connectivity index is 2.13. The lowest BCUT2D eigenvalue weighted by atomic mass is 9.96. The van der Waals surface area contributed by atoms with Crippen LogP contribution in [0.3, 0.4) is 0 Å². The van der Waals surface area contributed by atoms with Crippen LogP contribution < -0.4 is 10.2 Å². The van der Waals surface area contributed by atoms with E-state index in [0.717, 1.165) is 0 Å². The number of carbonyl (C=O) groups excluding carboxylic acids is 3. The minimum absolute atomic E-state index is 0.0560. The maximum absolute atomic E-state index is 12.8. The van der Waals surface area contributed by atoms with E-state index in [9.17, 15) is 19.5 Å². The number of aliphatic hydroxyl groups excluding tert-OH is 1. The average molecular weight is 365 g/mol. The number of carbonyl (C=O) groups is 3. The Bertz CT molecular complexity index is 937. The third kappa shape index (κ3) is 3.44. The SMILES string of the molecule is CCC(=O)C1=C(O)C(=O)N(c2cccc(NC(C)=O)c2)C1c1cccnc1. The quantitative estimate of drug-likeness (QED) is 0.849. The second-order valence-electron chi connectivity index (χ2n) is 6.13. The summed E-state index contributed by atoms with van der Waals surface area (Å²) < 4.78 is 0. The van der Waals surface area contributed by atoms with Gasteiger partial charge in [-0.05, 0) is 29.8 Å². The van der Waals surface area contributed by atoms with Gasteiger partial charge in [0.2, 0.25) is 5.91 Å². The van der Waals surface area contributed by atoms with Crippen LogP contribution in [0.4, 0.5) is 11.4 Å². The van der Waals surface area contributed by atoms with Crippen LogP contribution in [-0.4, -0.2) is 27.7 Å². The van der Waals surface area contributed by atoms with Gasteiger partial charge in [-0.25, -0.2) is 0 Å². The van der Waals surface area contributed by atoms with Crippen molar-refractivity contribution in [1.82, 2.24) is 4.98 Å². The molecule has 1 aromatic heterocycles. The van der Waals surface area contributed by atoms with Crippen molar-refractivity contribution in [2.45, 2.75) is 26.3 Å². The van der Waals surface area contributed by atoms with Gasteiger partial charge in [0.15, 0.2) is 11.5 Å². The van der Waals surface area contributed by atoms with E-state index in [-0.39, 0.29) is 23.7 Å². The van der Waals surface area contributed by atoms with Crippen molar-refractivity contribution >= 4 is 29.0 Å². The summed E-state index contributed by atoms with van der Waals surface area (Å²) in [5.41, 5.74) is 1.62. The standard InChI is InChI=1S/C20H19N3O4/c1-3-16(25)17-18(13-6-5-9-21-11-13)23(20(27)19(17)26)15-8-4-7-14(10-15)22-12(2)24/h4-11,18,26H,3H2,1-2H3,(H,22,24). The summed E-state index contributed by atoms with van der Waals surface area (Å²) in [7, 11) is 0. The lowest BCUT2D eigenvalue weighted by molar-refractivity contribution is -0.118. The van der Waals surface area contributed by atoms with Crippen LogP contribution in [-0.2, 0) is 14.4 Å². The molecule has 0 spiro atoms. The molecule has 2 aromatic rings. The Morgan fingerprint density at radius 2 is 2.04 bits per heavy atom. The summed E-state index contributed by atoms with van der Waals surface area (Å²) in [6, 6.07) is 9.34. The van der Waals surface area contributed by atoms with Crippen LogP contribution in [0.1, 0.15) is 31.9 Å². The molecule has 1 aliphatic heterocycles. The van der Waals surface area contributed by atoms with Gasteiger partial charge in [-0.3, -0.25) is 24.3 Å². The zero-order chi connectivity index (χ0) is 19.6. The van der Waals surface area contributed by atoms with Gasteiger partial charge in [-0.2, -0.15) is 0 Å². The van der Waals surface area contributed by atoms with E-state index in [1.54, 1.807) is 55.7 Å². The molecule has 27 heavy (non-hydrogen) atoms. The number of hydrogen-bond acceptors (Lipinski definition) is 5. The Morgan fingerprint density at radius 3 is 2.67 bits per heavy atom. The largest absolute Gasteiger partial charge is 0.503 e. The molecule has 2 heterocycles. The van der Waals surface area contributed by atoms with Crippen molar-refractivity contribution in [3.8, 4) is 0 Å². The second-order valence-corrected chi connectivity index (χ2v) is 6.13. The Hall–Kier alpha value is -3.48. The third-order valence-electron chi connectivity index (χ3n) is 4.27. The highest BCUT2D eigenvalue weighted by atomic mass is 16.3. The summed E-state index contributed by atoms with van der Waals surface area (Å²) in [4.78, 5) is 42.0. The molecule has 7 heteroatoms. The molecule has 0 fully saturated rings. The van der Waals surface area contributed by atoms with E-state index < -0.39 is 17.7 Å². The Labute approximate surface area is 156 Å². The molecule has 2 amide bonds. The highest BCUT2D eigenvalue weighted by molar-refractivity contribution is 6.16. The molecule has 0 saturated heterocycles. The number of pyridine rings is 1. The number of rotatable bonds is 5. The van der Waals surface area contributed by atoms with Gasteiger partial charge >= 0.3 is 0 Å². The van der Waals surface area contributed by atoms with Gasteiger partial charge < -0.3 is 10.4 Å². The normalized spacial score (nSPS) is 16.6. The van der Waals surface area contributed by atoms with Crippen LogP contribution >= 0.6 is 0 Å². The fourth-order valence-corrected chi connectivity index (χ4v) is 3.14. The van der Waals surface area contributed by atoms with Crippen LogP contribution in [0.5, 0.6) is 0 Å². The van der Waals surface area contributed by atoms with Gasteiger partial charge in [0, 0.05) is 37.1 Å². The number of Topliss-reactive ketones (excluding diaryl/α,β-unsaturated/α-hetero) is 1. The van der Waals surface area contributed by atoms with Crippen LogP contribution in [0.2, 0.25) is 0 Å². The molecular weight excluding hydrogens is 346 g/mol. The molecule has 1 unspecified atom stereocenters. The smallest absolute Gasteiger partial charge is 0.294 e. The number of nitrogens with one attached hydrogen (secondary N) is 1. The summed E-state index contributed by atoms with van der Waals surface area (Å²) >= 11 is 0. The summed E-state index contributed by atoms with van der Waals surface area (Å²) in [6.45, 7) is 3.06. The van der Waals surface area contributed by atoms with Crippen molar-refractivity contribution in [3.05, 3.63) is 65.7 Å². The van der Waals surface area contributed by atoms with Crippen LogP contribution in [0.15, 0.2) is 60.1 Å². The lowest BCUT2D eigenvalue weighted by Gasteiger charge is -2.27. The Kier molecular flexibility index (Phi) is 5.03. The van der Waals surface area contributed by atoms with Gasteiger partial charge in [-0.1, -0.05) is 19.1 Å². The molecular formula is C20H19N3O4. The summed E-state index contributed by atoms with van der Waals surface area (Å²) in [6.07, 6.45) is 3.31. The van der Waals surface area contributed by atoms with Crippen molar-refractivity contribution in [3.63, 3.8) is 0 Å². The van der Waals surface area contributed by atoms with E-state index in [1.807, 2.05) is 0 Å². The minimum Gasteiger partial charge on any atom is -0.503 e. The monoisotopic (exact) mass is 365 g/mol. The number of hydrogen-bond donors (Lipinski definition) is 2. The third-order valence-corrected chi connectivity index (χ3v) is 4.27. The summed E-state index contributed by atoms with van der Waals surface area (Å²) in [5, 5.41) is 13.1. The zero-order valence-corrected chi connectivity index (χ0v) is 15.0. The number of aliphatic hydroxyl groups is 1. The van der Waals surface area contributed by atoms with E-state index in [1.165, 1.54) is 11.8 Å². The zero-order valence-electron chi connectivity index (χ0n) is 15.0. The average Bonchev–Trinajstić information content (AvgIpc) is 2.93. The molecule has 0 saturated carbocycles. The first-order valence-corrected chi connectivity index (χ1v) is 8.51. The minimum atomic E-state index is -0.786. The number of ketones is 1. The highest BCUT2D eigenvalue weighted by Gasteiger charge is 2.43. The summed E-state index contributed by atoms with van der Waals surface area (Å²) in [5.74, 6) is -1.77. The number of anilines is 2. The number of benzene rings is 1. The maximum Gasteiger partial charge on any atom is 0.294 e. The van der Waals surface area contributed by atoms with E-state index in [2.05, 4.69) is 10.3 Å². The first kappa shape index (κ1) is 18.3. The Morgan fingerprint density at radius 1 is 1.26 bits per heavy atom. The molecule has 7 nitrogen and oxygen atoms in total. The molecule has 0 bridgehead atoms. The molecule has 0 radical (unpaired) electrons. The molecule has 0 aliphatic carbocycles. The topological polar surface area (TPSA) is 99.6 Å². The number of aromatic nitrogens is 1. The molecule has 1 aliphatic rings. The maximum atomic E-state index is 12.8. The first-order chi connectivity index (χ1) is 12.9.